The molecule has 0 fully saturated rings. The van der Waals surface area contributed by atoms with Gasteiger partial charge in [0.25, 0.3) is 5.91 Å². The molecule has 0 bridgehead atoms. The molecular weight excluding hydrogens is 308 g/mol. The zero-order valence-corrected chi connectivity index (χ0v) is 14.7. The van der Waals surface area contributed by atoms with Crippen molar-refractivity contribution in [2.45, 2.75) is 32.7 Å². The highest BCUT2D eigenvalue weighted by atomic mass is 35.5. The topological polar surface area (TPSA) is 55.1 Å². The van der Waals surface area contributed by atoms with E-state index in [1.807, 2.05) is 43.3 Å². The minimum atomic E-state index is -0.199. The van der Waals surface area contributed by atoms with Gasteiger partial charge < -0.3 is 11.1 Å². The molecule has 3 nitrogen and oxygen atoms in total. The smallest absolute Gasteiger partial charge is 0.251 e. The van der Waals surface area contributed by atoms with Crippen LogP contribution in [-0.2, 0) is 0 Å². The summed E-state index contributed by atoms with van der Waals surface area (Å²) in [5.74, 6) is 0.417. The van der Waals surface area contributed by atoms with E-state index in [9.17, 15) is 4.79 Å². The first-order valence-electron chi connectivity index (χ1n) is 7.67. The molecule has 0 aliphatic rings. The fourth-order valence-electron chi connectivity index (χ4n) is 2.26. The summed E-state index contributed by atoms with van der Waals surface area (Å²) < 4.78 is 0. The Labute approximate surface area is 144 Å². The minimum absolute atomic E-state index is 0. The zero-order valence-electron chi connectivity index (χ0n) is 13.9. The van der Waals surface area contributed by atoms with Crippen LogP contribution < -0.4 is 11.1 Å². The van der Waals surface area contributed by atoms with Crippen molar-refractivity contribution in [3.8, 4) is 0 Å². The molecule has 1 amide bonds. The van der Waals surface area contributed by atoms with Gasteiger partial charge in [0.2, 0.25) is 0 Å². The fourth-order valence-corrected chi connectivity index (χ4v) is 2.26. The Balaban J connectivity index is 0.00000264. The molecule has 124 valence electrons. The number of nitrogens with one attached hydrogen (secondary N) is 1. The van der Waals surface area contributed by atoms with Crippen LogP contribution in [0.1, 0.15) is 52.9 Å². The summed E-state index contributed by atoms with van der Waals surface area (Å²) in [6.07, 6.45) is 0. The maximum atomic E-state index is 12.1. The molecule has 1 atom stereocenters. The number of hydrogen-bond acceptors (Lipinski definition) is 2. The number of carbonyl (C=O) groups excluding carboxylic acids is 1. The van der Waals surface area contributed by atoms with E-state index in [4.69, 9.17) is 5.73 Å². The van der Waals surface area contributed by atoms with E-state index in [2.05, 4.69) is 31.3 Å². The molecule has 23 heavy (non-hydrogen) atoms. The number of halogens is 1. The molecule has 0 saturated heterocycles. The second-order valence-corrected chi connectivity index (χ2v) is 6.00. The quantitative estimate of drug-likeness (QED) is 0.870. The second-order valence-electron chi connectivity index (χ2n) is 6.00. The van der Waals surface area contributed by atoms with Crippen LogP contribution >= 0.6 is 12.4 Å². The van der Waals surface area contributed by atoms with Crippen LogP contribution in [0.3, 0.4) is 0 Å². The van der Waals surface area contributed by atoms with Crippen LogP contribution in [0.2, 0.25) is 0 Å². The van der Waals surface area contributed by atoms with Crippen LogP contribution in [0.4, 0.5) is 0 Å². The lowest BCUT2D eigenvalue weighted by Crippen LogP contribution is -2.31. The van der Waals surface area contributed by atoms with E-state index in [1.54, 1.807) is 0 Å². The maximum Gasteiger partial charge on any atom is 0.251 e. The number of aryl methyl sites for hydroxylation is 1. The molecule has 2 aromatic rings. The summed E-state index contributed by atoms with van der Waals surface area (Å²) in [6, 6.07) is 15.6. The highest BCUT2D eigenvalue weighted by Gasteiger charge is 2.10. The summed E-state index contributed by atoms with van der Waals surface area (Å²) in [6.45, 7) is 6.75. The van der Waals surface area contributed by atoms with E-state index >= 15 is 0 Å². The SMILES string of the molecule is Cc1ccc(C(=O)NCC(N)c2ccc(C(C)C)cc2)cc1.Cl. The minimum Gasteiger partial charge on any atom is -0.350 e. The molecule has 0 aromatic heterocycles. The lowest BCUT2D eigenvalue weighted by molar-refractivity contribution is 0.0951. The number of hydrogen-bond donors (Lipinski definition) is 2. The van der Waals surface area contributed by atoms with Gasteiger partial charge in [-0.25, -0.2) is 0 Å². The van der Waals surface area contributed by atoms with Crippen LogP contribution in [0.5, 0.6) is 0 Å². The normalized spacial score (nSPS) is 11.7. The van der Waals surface area contributed by atoms with Gasteiger partial charge in [-0.2, -0.15) is 0 Å². The highest BCUT2D eigenvalue weighted by molar-refractivity contribution is 5.94. The van der Waals surface area contributed by atoms with Gasteiger partial charge in [0, 0.05) is 18.2 Å². The molecular formula is C19H25ClN2O. The summed E-state index contributed by atoms with van der Waals surface area (Å²) in [4.78, 5) is 12.1. The van der Waals surface area contributed by atoms with Gasteiger partial charge in [0.1, 0.15) is 0 Å². The van der Waals surface area contributed by atoms with Gasteiger partial charge in [-0.15, -0.1) is 12.4 Å². The third kappa shape index (κ3) is 5.38. The van der Waals surface area contributed by atoms with E-state index < -0.39 is 0 Å². The Bertz CT molecular complexity index is 621. The molecule has 0 saturated carbocycles. The Kier molecular flexibility index (Phi) is 7.27. The molecule has 0 spiro atoms. The second kappa shape index (κ2) is 8.70. The van der Waals surface area contributed by atoms with Gasteiger partial charge in [-0.05, 0) is 36.1 Å². The van der Waals surface area contributed by atoms with Gasteiger partial charge in [-0.1, -0.05) is 55.8 Å². The molecule has 0 aliphatic heterocycles. The van der Waals surface area contributed by atoms with Crippen molar-refractivity contribution >= 4 is 18.3 Å². The average molecular weight is 333 g/mol. The molecule has 1 unspecified atom stereocenters. The maximum absolute atomic E-state index is 12.1. The van der Waals surface area contributed by atoms with E-state index in [0.717, 1.165) is 11.1 Å². The number of nitrogens with two attached hydrogens (primary N) is 1. The first-order valence-corrected chi connectivity index (χ1v) is 7.67. The third-order valence-electron chi connectivity index (χ3n) is 3.83. The van der Waals surface area contributed by atoms with Crippen LogP contribution in [-0.4, -0.2) is 12.5 Å². The Morgan fingerprint density at radius 2 is 1.52 bits per heavy atom. The van der Waals surface area contributed by atoms with Gasteiger partial charge >= 0.3 is 0 Å². The fraction of sp³-hybridized carbons (Fsp3) is 0.316. The van der Waals surface area contributed by atoms with Crippen molar-refractivity contribution < 1.29 is 4.79 Å². The largest absolute Gasteiger partial charge is 0.350 e. The van der Waals surface area contributed by atoms with Crippen molar-refractivity contribution in [2.24, 2.45) is 5.73 Å². The van der Waals surface area contributed by atoms with Gasteiger partial charge in [0.05, 0.1) is 0 Å². The number of benzene rings is 2. The summed E-state index contributed by atoms with van der Waals surface area (Å²) in [5.41, 5.74) is 10.3. The molecule has 3 N–H and O–H groups in total. The van der Waals surface area contributed by atoms with E-state index in [1.165, 1.54) is 5.56 Å². The zero-order chi connectivity index (χ0) is 16.1. The van der Waals surface area contributed by atoms with Crippen molar-refractivity contribution in [2.75, 3.05) is 6.54 Å². The van der Waals surface area contributed by atoms with Crippen LogP contribution in [0, 0.1) is 6.92 Å². The molecule has 0 aliphatic carbocycles. The lowest BCUT2D eigenvalue weighted by atomic mass is 9.99. The van der Waals surface area contributed by atoms with Crippen molar-refractivity contribution in [3.05, 3.63) is 70.8 Å². The Morgan fingerprint density at radius 1 is 1.00 bits per heavy atom. The standard InChI is InChI=1S/C19H24N2O.ClH/c1-13(2)15-8-10-16(11-9-15)18(20)12-21-19(22)17-6-4-14(3)5-7-17;/h4-11,13,18H,12,20H2,1-3H3,(H,21,22);1H. The number of amides is 1. The molecule has 2 aromatic carbocycles. The molecule has 0 heterocycles. The predicted molar refractivity (Wildman–Crippen MR) is 98.2 cm³/mol. The van der Waals surface area contributed by atoms with Crippen LogP contribution in [0.15, 0.2) is 48.5 Å². The third-order valence-corrected chi connectivity index (χ3v) is 3.83. The summed E-state index contributed by atoms with van der Waals surface area (Å²) in [5, 5.41) is 2.89. The number of carbonyl (C=O) groups is 1. The molecule has 0 radical (unpaired) electrons. The van der Waals surface area contributed by atoms with Crippen LogP contribution in [0.25, 0.3) is 0 Å². The Morgan fingerprint density at radius 3 is 2.04 bits per heavy atom. The van der Waals surface area contributed by atoms with Gasteiger partial charge in [-0.3, -0.25) is 4.79 Å². The lowest BCUT2D eigenvalue weighted by Gasteiger charge is -2.14. The summed E-state index contributed by atoms with van der Waals surface area (Å²) >= 11 is 0. The molecule has 4 heteroatoms. The monoisotopic (exact) mass is 332 g/mol. The van der Waals surface area contributed by atoms with Crippen molar-refractivity contribution in [1.82, 2.24) is 5.32 Å². The first-order chi connectivity index (χ1) is 10.5. The first kappa shape index (κ1) is 19.2. The van der Waals surface area contributed by atoms with E-state index in [0.29, 0.717) is 18.0 Å². The van der Waals surface area contributed by atoms with Gasteiger partial charge in [0.15, 0.2) is 0 Å². The molecule has 2 rings (SSSR count). The van der Waals surface area contributed by atoms with Crippen molar-refractivity contribution in [1.29, 1.82) is 0 Å². The summed E-state index contributed by atoms with van der Waals surface area (Å²) in [7, 11) is 0. The van der Waals surface area contributed by atoms with Crippen molar-refractivity contribution in [3.63, 3.8) is 0 Å². The highest BCUT2D eigenvalue weighted by Crippen LogP contribution is 2.17. The predicted octanol–water partition coefficient (Wildman–Crippen LogP) is 3.97. The Hall–Kier alpha value is -1.84. The average Bonchev–Trinajstić information content (AvgIpc) is 2.53. The number of rotatable bonds is 5. The van der Waals surface area contributed by atoms with E-state index in [-0.39, 0.29) is 24.4 Å².